The van der Waals surface area contributed by atoms with Crippen LogP contribution in [0.1, 0.15) is 31.7 Å². The smallest absolute Gasteiger partial charge is 0.221 e. The number of nitrogens with zero attached hydrogens (tertiary/aromatic N) is 5. The molecule has 0 bridgehead atoms. The number of rotatable bonds is 4. The zero-order valence-electron chi connectivity index (χ0n) is 13.0. The first-order chi connectivity index (χ1) is 11.2. The van der Waals surface area contributed by atoms with Crippen molar-refractivity contribution in [2.24, 2.45) is 0 Å². The molecule has 23 heavy (non-hydrogen) atoms. The van der Waals surface area contributed by atoms with E-state index in [1.54, 1.807) is 24.3 Å². The SMILES string of the molecule is CCC(C)c1ccc(-c2nnc(-c3ccccc3O)nn2)nc1. The third-order valence-electron chi connectivity index (χ3n) is 3.82. The van der Waals surface area contributed by atoms with Crippen LogP contribution in [0, 0.1) is 0 Å². The molecule has 3 rings (SSSR count). The molecule has 1 unspecified atom stereocenters. The fraction of sp³-hybridized carbons (Fsp3) is 0.235. The molecule has 2 aromatic heterocycles. The number of pyridine rings is 1. The lowest BCUT2D eigenvalue weighted by atomic mass is 10.0. The summed E-state index contributed by atoms with van der Waals surface area (Å²) in [7, 11) is 0. The zero-order chi connectivity index (χ0) is 16.2. The van der Waals surface area contributed by atoms with Crippen LogP contribution in [0.3, 0.4) is 0 Å². The summed E-state index contributed by atoms with van der Waals surface area (Å²) in [6.45, 7) is 4.31. The molecule has 0 aliphatic rings. The lowest BCUT2D eigenvalue weighted by molar-refractivity contribution is 0.476. The van der Waals surface area contributed by atoms with Crippen molar-refractivity contribution in [1.82, 2.24) is 25.4 Å². The minimum Gasteiger partial charge on any atom is -0.507 e. The highest BCUT2D eigenvalue weighted by Crippen LogP contribution is 2.25. The maximum Gasteiger partial charge on any atom is 0.221 e. The van der Waals surface area contributed by atoms with Gasteiger partial charge in [0.25, 0.3) is 0 Å². The Kier molecular flexibility index (Phi) is 4.23. The van der Waals surface area contributed by atoms with Gasteiger partial charge in [0.2, 0.25) is 11.6 Å². The molecule has 0 aliphatic carbocycles. The van der Waals surface area contributed by atoms with E-state index in [-0.39, 0.29) is 11.6 Å². The van der Waals surface area contributed by atoms with Gasteiger partial charge in [-0.3, -0.25) is 4.98 Å². The van der Waals surface area contributed by atoms with Gasteiger partial charge in [-0.2, -0.15) is 0 Å². The highest BCUT2D eigenvalue weighted by Gasteiger charge is 2.11. The summed E-state index contributed by atoms with van der Waals surface area (Å²) in [6.07, 6.45) is 2.90. The van der Waals surface area contributed by atoms with Crippen molar-refractivity contribution in [2.45, 2.75) is 26.2 Å². The molecule has 0 amide bonds. The van der Waals surface area contributed by atoms with Gasteiger partial charge in [-0.15, -0.1) is 20.4 Å². The molecule has 1 aromatic carbocycles. The summed E-state index contributed by atoms with van der Waals surface area (Å²) in [4.78, 5) is 4.38. The van der Waals surface area contributed by atoms with Crippen LogP contribution < -0.4 is 0 Å². The highest BCUT2D eigenvalue weighted by atomic mass is 16.3. The fourth-order valence-electron chi connectivity index (χ4n) is 2.17. The van der Waals surface area contributed by atoms with Crippen molar-refractivity contribution in [3.8, 4) is 28.7 Å². The predicted molar refractivity (Wildman–Crippen MR) is 86.7 cm³/mol. The van der Waals surface area contributed by atoms with Gasteiger partial charge in [0, 0.05) is 6.20 Å². The normalized spacial score (nSPS) is 12.1. The highest BCUT2D eigenvalue weighted by molar-refractivity contribution is 5.62. The molecule has 0 radical (unpaired) electrons. The number of hydrogen-bond donors (Lipinski definition) is 1. The Labute approximate surface area is 134 Å². The lowest BCUT2D eigenvalue weighted by Crippen LogP contribution is -2.01. The second kappa shape index (κ2) is 6.48. The van der Waals surface area contributed by atoms with E-state index in [0.29, 0.717) is 23.0 Å². The quantitative estimate of drug-likeness (QED) is 0.796. The van der Waals surface area contributed by atoms with Gasteiger partial charge in [-0.1, -0.05) is 32.0 Å². The van der Waals surface area contributed by atoms with Crippen LogP contribution in [-0.2, 0) is 0 Å². The molecule has 6 heteroatoms. The van der Waals surface area contributed by atoms with Gasteiger partial charge in [0.05, 0.1) is 5.56 Å². The molecule has 1 N–H and O–H groups in total. The first-order valence-corrected chi connectivity index (χ1v) is 7.51. The van der Waals surface area contributed by atoms with Gasteiger partial charge >= 0.3 is 0 Å². The summed E-state index contributed by atoms with van der Waals surface area (Å²) in [5.74, 6) is 1.21. The van der Waals surface area contributed by atoms with E-state index in [1.807, 2.05) is 18.3 Å². The van der Waals surface area contributed by atoms with Crippen LogP contribution in [0.4, 0.5) is 0 Å². The molecule has 1 atom stereocenters. The summed E-state index contributed by atoms with van der Waals surface area (Å²) in [6, 6.07) is 10.7. The van der Waals surface area contributed by atoms with Crippen LogP contribution in [-0.4, -0.2) is 30.5 Å². The van der Waals surface area contributed by atoms with Crippen LogP contribution in [0.2, 0.25) is 0 Å². The van der Waals surface area contributed by atoms with Crippen molar-refractivity contribution in [3.63, 3.8) is 0 Å². The second-order valence-electron chi connectivity index (χ2n) is 5.35. The van der Waals surface area contributed by atoms with Crippen molar-refractivity contribution in [1.29, 1.82) is 0 Å². The minimum atomic E-state index is 0.0971. The molecule has 0 spiro atoms. The summed E-state index contributed by atoms with van der Waals surface area (Å²) in [5.41, 5.74) is 2.31. The van der Waals surface area contributed by atoms with Crippen LogP contribution in [0.5, 0.6) is 5.75 Å². The Hall–Kier alpha value is -2.89. The molecule has 0 saturated heterocycles. The molecule has 0 saturated carbocycles. The first kappa shape index (κ1) is 15.0. The summed E-state index contributed by atoms with van der Waals surface area (Å²) < 4.78 is 0. The number of para-hydroxylation sites is 1. The van der Waals surface area contributed by atoms with Gasteiger partial charge in [0.1, 0.15) is 11.4 Å². The topological polar surface area (TPSA) is 84.7 Å². The Morgan fingerprint density at radius 1 is 0.957 bits per heavy atom. The van der Waals surface area contributed by atoms with Gasteiger partial charge < -0.3 is 5.11 Å². The van der Waals surface area contributed by atoms with E-state index in [4.69, 9.17) is 0 Å². The van der Waals surface area contributed by atoms with E-state index in [1.165, 1.54) is 5.56 Å². The van der Waals surface area contributed by atoms with E-state index < -0.39 is 0 Å². The average molecular weight is 307 g/mol. The zero-order valence-corrected chi connectivity index (χ0v) is 13.0. The Morgan fingerprint density at radius 3 is 2.26 bits per heavy atom. The number of aromatic nitrogens is 5. The van der Waals surface area contributed by atoms with Crippen LogP contribution in [0.25, 0.3) is 22.9 Å². The molecular formula is C17H17N5O. The molecule has 6 nitrogen and oxygen atoms in total. The monoisotopic (exact) mass is 307 g/mol. The molecule has 3 aromatic rings. The second-order valence-corrected chi connectivity index (χ2v) is 5.35. The van der Waals surface area contributed by atoms with Crippen LogP contribution >= 0.6 is 0 Å². The molecular weight excluding hydrogens is 290 g/mol. The van der Waals surface area contributed by atoms with Crippen molar-refractivity contribution >= 4 is 0 Å². The Balaban J connectivity index is 1.86. The van der Waals surface area contributed by atoms with Crippen molar-refractivity contribution < 1.29 is 5.11 Å². The Bertz CT molecular complexity index is 787. The molecule has 116 valence electrons. The van der Waals surface area contributed by atoms with Crippen molar-refractivity contribution in [3.05, 3.63) is 48.2 Å². The minimum absolute atomic E-state index is 0.0971. The molecule has 0 aliphatic heterocycles. The summed E-state index contributed by atoms with van der Waals surface area (Å²) in [5, 5.41) is 26.0. The average Bonchev–Trinajstić information content (AvgIpc) is 2.62. The van der Waals surface area contributed by atoms with Gasteiger partial charge in [-0.25, -0.2) is 0 Å². The largest absolute Gasteiger partial charge is 0.507 e. The van der Waals surface area contributed by atoms with Gasteiger partial charge in [-0.05, 0) is 36.1 Å². The van der Waals surface area contributed by atoms with Crippen LogP contribution in [0.15, 0.2) is 42.6 Å². The van der Waals surface area contributed by atoms with E-state index >= 15 is 0 Å². The summed E-state index contributed by atoms with van der Waals surface area (Å²) >= 11 is 0. The number of phenolic OH excluding ortho intramolecular Hbond substituents is 1. The number of aromatic hydroxyl groups is 1. The fourth-order valence-corrected chi connectivity index (χ4v) is 2.17. The van der Waals surface area contributed by atoms with E-state index in [0.717, 1.165) is 6.42 Å². The molecule has 2 heterocycles. The molecule has 0 fully saturated rings. The number of phenols is 1. The standard InChI is InChI=1S/C17H17N5O/c1-3-11(2)12-8-9-14(18-10-12)17-21-19-16(20-22-17)13-6-4-5-7-15(13)23/h4-11,23H,3H2,1-2H3. The number of hydrogen-bond acceptors (Lipinski definition) is 6. The third kappa shape index (κ3) is 3.15. The maximum absolute atomic E-state index is 9.81. The van der Waals surface area contributed by atoms with E-state index in [9.17, 15) is 5.11 Å². The maximum atomic E-state index is 9.81. The van der Waals surface area contributed by atoms with Crippen molar-refractivity contribution in [2.75, 3.05) is 0 Å². The number of benzene rings is 1. The van der Waals surface area contributed by atoms with E-state index in [2.05, 4.69) is 39.2 Å². The lowest BCUT2D eigenvalue weighted by Gasteiger charge is -2.08. The Morgan fingerprint density at radius 2 is 1.65 bits per heavy atom. The van der Waals surface area contributed by atoms with Gasteiger partial charge in [0.15, 0.2) is 0 Å². The third-order valence-corrected chi connectivity index (χ3v) is 3.82. The first-order valence-electron chi connectivity index (χ1n) is 7.51. The predicted octanol–water partition coefficient (Wildman–Crippen LogP) is 3.21.